The van der Waals surface area contributed by atoms with E-state index in [0.717, 1.165) is 62.5 Å². The Morgan fingerprint density at radius 3 is 2.74 bits per heavy atom. The zero-order valence-electron chi connectivity index (χ0n) is 17.8. The molecule has 0 saturated carbocycles. The molecule has 1 aromatic carbocycles. The van der Waals surface area contributed by atoms with Gasteiger partial charge in [-0.2, -0.15) is 5.10 Å². The number of para-hydroxylation sites is 1. The summed E-state index contributed by atoms with van der Waals surface area (Å²) in [6.07, 6.45) is 3.84. The molecule has 1 N–H and O–H groups in total. The minimum absolute atomic E-state index is 0.118. The van der Waals surface area contributed by atoms with Crippen molar-refractivity contribution in [2.24, 2.45) is 0 Å². The Labute approximate surface area is 187 Å². The van der Waals surface area contributed by atoms with Crippen LogP contribution in [0.5, 0.6) is 5.75 Å². The van der Waals surface area contributed by atoms with Gasteiger partial charge < -0.3 is 15.0 Å². The molecule has 1 fully saturated rings. The first-order valence-corrected chi connectivity index (χ1v) is 11.1. The molecule has 164 valence electrons. The van der Waals surface area contributed by atoms with E-state index >= 15 is 0 Å². The number of anilines is 1. The Bertz CT molecular complexity index is 997. The second kappa shape index (κ2) is 10.0. The quantitative estimate of drug-likeness (QED) is 0.543. The van der Waals surface area contributed by atoms with Gasteiger partial charge in [0.1, 0.15) is 0 Å². The van der Waals surface area contributed by atoms with Crippen LogP contribution in [0.3, 0.4) is 0 Å². The van der Waals surface area contributed by atoms with E-state index in [0.29, 0.717) is 17.3 Å². The van der Waals surface area contributed by atoms with E-state index in [2.05, 4.69) is 26.3 Å². The monoisotopic (exact) mass is 441 g/mol. The number of hydrogen-bond acceptors (Lipinski definition) is 5. The summed E-state index contributed by atoms with van der Waals surface area (Å²) >= 11 is 6.26. The zero-order valence-corrected chi connectivity index (χ0v) is 18.5. The summed E-state index contributed by atoms with van der Waals surface area (Å²) in [7, 11) is 1.66. The first-order valence-electron chi connectivity index (χ1n) is 10.7. The number of carbonyl (C=O) groups excluding carboxylic acids is 1. The number of pyridine rings is 1. The number of aromatic nitrogens is 2. The van der Waals surface area contributed by atoms with E-state index in [1.807, 2.05) is 42.6 Å². The Hall–Kier alpha value is -2.77. The largest absolute Gasteiger partial charge is 0.493 e. The number of benzene rings is 1. The lowest BCUT2D eigenvalue weighted by Crippen LogP contribution is -2.46. The third kappa shape index (κ3) is 5.11. The van der Waals surface area contributed by atoms with Crippen molar-refractivity contribution in [1.29, 1.82) is 0 Å². The number of rotatable bonds is 8. The van der Waals surface area contributed by atoms with Gasteiger partial charge in [-0.15, -0.1) is 0 Å². The molecule has 1 amide bonds. The van der Waals surface area contributed by atoms with Crippen LogP contribution in [-0.4, -0.2) is 66.8 Å². The molecule has 3 heterocycles. The highest BCUT2D eigenvalue weighted by atomic mass is 35.5. The van der Waals surface area contributed by atoms with Gasteiger partial charge in [-0.3, -0.25) is 9.69 Å². The number of nitrogens with zero attached hydrogens (tertiary/aromatic N) is 4. The number of unbranched alkanes of at least 4 members (excludes halogenated alkanes) is 1. The minimum atomic E-state index is -0.118. The van der Waals surface area contributed by atoms with Gasteiger partial charge in [0.2, 0.25) is 0 Å². The van der Waals surface area contributed by atoms with Crippen molar-refractivity contribution in [2.75, 3.05) is 51.3 Å². The molecule has 3 aromatic rings. The molecule has 2 aromatic heterocycles. The van der Waals surface area contributed by atoms with Crippen molar-refractivity contribution < 1.29 is 9.53 Å². The molecular weight excluding hydrogens is 414 g/mol. The van der Waals surface area contributed by atoms with Gasteiger partial charge >= 0.3 is 0 Å². The lowest BCUT2D eigenvalue weighted by Gasteiger charge is -2.36. The fourth-order valence-electron chi connectivity index (χ4n) is 3.96. The molecule has 1 saturated heterocycles. The molecule has 8 heteroatoms. The van der Waals surface area contributed by atoms with E-state index in [9.17, 15) is 4.79 Å². The highest BCUT2D eigenvalue weighted by Crippen LogP contribution is 2.35. The van der Waals surface area contributed by atoms with Crippen molar-refractivity contribution in [1.82, 2.24) is 19.8 Å². The summed E-state index contributed by atoms with van der Waals surface area (Å²) in [6, 6.07) is 13.5. The average Bonchev–Trinajstić information content (AvgIpc) is 3.23. The molecule has 4 rings (SSSR count). The predicted octanol–water partition coefficient (Wildman–Crippen LogP) is 3.33. The van der Waals surface area contributed by atoms with Crippen molar-refractivity contribution >= 4 is 28.7 Å². The van der Waals surface area contributed by atoms with Crippen LogP contribution in [-0.2, 0) is 0 Å². The van der Waals surface area contributed by atoms with Crippen LogP contribution in [0.15, 0.2) is 48.7 Å². The normalized spacial score (nSPS) is 14.7. The van der Waals surface area contributed by atoms with Gasteiger partial charge in [0.05, 0.1) is 23.3 Å². The summed E-state index contributed by atoms with van der Waals surface area (Å²) in [5.74, 6) is 0.631. The van der Waals surface area contributed by atoms with E-state index < -0.39 is 0 Å². The van der Waals surface area contributed by atoms with E-state index in [-0.39, 0.29) is 5.91 Å². The number of hydrogen-bond donors (Lipinski definition) is 1. The molecule has 7 nitrogen and oxygen atoms in total. The van der Waals surface area contributed by atoms with Gasteiger partial charge in [-0.1, -0.05) is 23.7 Å². The number of carbonyl (C=O) groups is 1. The first kappa shape index (κ1) is 21.5. The summed E-state index contributed by atoms with van der Waals surface area (Å²) in [5, 5.41) is 7.93. The molecule has 0 unspecified atom stereocenters. The Morgan fingerprint density at radius 1 is 1.13 bits per heavy atom. The second-order valence-corrected chi connectivity index (χ2v) is 8.09. The van der Waals surface area contributed by atoms with Crippen molar-refractivity contribution in [2.45, 2.75) is 12.8 Å². The Kier molecular flexibility index (Phi) is 6.94. The summed E-state index contributed by atoms with van der Waals surface area (Å²) in [4.78, 5) is 17.1. The number of methoxy groups -OCH3 is 1. The van der Waals surface area contributed by atoms with Crippen LogP contribution in [0.4, 0.5) is 5.69 Å². The van der Waals surface area contributed by atoms with E-state index in [1.54, 1.807) is 11.6 Å². The number of piperazine rings is 1. The first-order chi connectivity index (χ1) is 15.2. The molecule has 0 radical (unpaired) electrons. The average molecular weight is 442 g/mol. The van der Waals surface area contributed by atoms with Crippen LogP contribution in [0.1, 0.15) is 23.3 Å². The lowest BCUT2D eigenvalue weighted by atomic mass is 10.2. The third-order valence-electron chi connectivity index (χ3n) is 5.65. The van der Waals surface area contributed by atoms with Crippen molar-refractivity contribution in [3.63, 3.8) is 0 Å². The van der Waals surface area contributed by atoms with Crippen LogP contribution in [0.2, 0.25) is 5.02 Å². The number of nitrogens with one attached hydrogen (secondary N) is 1. The van der Waals surface area contributed by atoms with E-state index in [1.165, 1.54) is 0 Å². The minimum Gasteiger partial charge on any atom is -0.493 e. The second-order valence-electron chi connectivity index (χ2n) is 7.68. The molecule has 1 aliphatic rings. The standard InChI is InChI=1S/C23H28ClN5O2/c1-31-22-19(24)8-6-9-21(22)28-15-13-27(14-16-28)11-5-3-10-25-23(30)20-17-18-7-2-4-12-29(18)26-20/h2,4,6-9,12,17H,3,5,10-11,13-16H2,1H3,(H,25,30). The van der Waals surface area contributed by atoms with E-state index in [4.69, 9.17) is 16.3 Å². The Morgan fingerprint density at radius 2 is 1.97 bits per heavy atom. The topological polar surface area (TPSA) is 62.1 Å². The van der Waals surface area contributed by atoms with Crippen molar-refractivity contribution in [3.05, 3.63) is 59.4 Å². The molecule has 0 aliphatic carbocycles. The smallest absolute Gasteiger partial charge is 0.271 e. The molecule has 31 heavy (non-hydrogen) atoms. The SMILES string of the molecule is COc1c(Cl)cccc1N1CCN(CCCCNC(=O)c2cc3ccccn3n2)CC1. The maximum Gasteiger partial charge on any atom is 0.271 e. The van der Waals surface area contributed by atoms with Gasteiger partial charge in [-0.05, 0) is 49.7 Å². The predicted molar refractivity (Wildman–Crippen MR) is 123 cm³/mol. The third-order valence-corrected chi connectivity index (χ3v) is 5.95. The lowest BCUT2D eigenvalue weighted by molar-refractivity contribution is 0.0947. The molecule has 0 atom stereocenters. The Balaban J connectivity index is 1.16. The number of amides is 1. The maximum atomic E-state index is 12.3. The van der Waals surface area contributed by atoms with Gasteiger partial charge in [0.25, 0.3) is 5.91 Å². The molecule has 0 bridgehead atoms. The maximum absolute atomic E-state index is 12.3. The fourth-order valence-corrected chi connectivity index (χ4v) is 4.21. The number of ether oxygens (including phenoxy) is 1. The molecule has 0 spiro atoms. The molecule has 1 aliphatic heterocycles. The molecular formula is C23H28ClN5O2. The summed E-state index contributed by atoms with van der Waals surface area (Å²) < 4.78 is 7.20. The number of halogens is 1. The van der Waals surface area contributed by atoms with Crippen LogP contribution in [0.25, 0.3) is 5.52 Å². The van der Waals surface area contributed by atoms with Crippen molar-refractivity contribution in [3.8, 4) is 5.75 Å². The van der Waals surface area contributed by atoms with Crippen LogP contribution in [0, 0.1) is 0 Å². The van der Waals surface area contributed by atoms with Crippen LogP contribution >= 0.6 is 11.6 Å². The van der Waals surface area contributed by atoms with Gasteiger partial charge in [0, 0.05) is 38.9 Å². The highest BCUT2D eigenvalue weighted by Gasteiger charge is 2.20. The number of fused-ring (bicyclic) bond motifs is 1. The fraction of sp³-hybridized carbons (Fsp3) is 0.391. The summed E-state index contributed by atoms with van der Waals surface area (Å²) in [5.41, 5.74) is 2.44. The van der Waals surface area contributed by atoms with Crippen LogP contribution < -0.4 is 15.0 Å². The summed E-state index contributed by atoms with van der Waals surface area (Å²) in [6.45, 7) is 5.59. The highest BCUT2D eigenvalue weighted by molar-refractivity contribution is 6.32. The zero-order chi connectivity index (χ0) is 21.6. The van der Waals surface area contributed by atoms with Gasteiger partial charge in [-0.25, -0.2) is 4.52 Å². The van der Waals surface area contributed by atoms with Gasteiger partial charge in [0.15, 0.2) is 11.4 Å².